The van der Waals surface area contributed by atoms with Gasteiger partial charge < -0.3 is 24.9 Å². The number of hydrogen-bond donors (Lipinski definition) is 2. The van der Waals surface area contributed by atoms with Crippen LogP contribution in [-0.4, -0.2) is 63.1 Å². The normalized spacial score (nSPS) is 24.5. The van der Waals surface area contributed by atoms with E-state index in [1.165, 1.54) is 4.90 Å². The number of carbonyl (C=O) groups is 1. The SMILES string of the molecule is Nc1cc(C(F)(F)F)c2nc1-c1nnc(o1)[C@@](O)(C(F)(F)F)CCCCCN(C1CCCOC1)C2=O. The van der Waals surface area contributed by atoms with E-state index in [-0.39, 0.29) is 32.4 Å². The molecule has 4 bridgehead atoms. The number of nitrogens with two attached hydrogens (primary N) is 1. The third-order valence-electron chi connectivity index (χ3n) is 6.29. The topological polar surface area (TPSA) is 128 Å². The van der Waals surface area contributed by atoms with Crippen LogP contribution in [0.4, 0.5) is 32.0 Å². The second kappa shape index (κ2) is 9.50. The maximum absolute atomic E-state index is 13.9. The number of hydrogen-bond acceptors (Lipinski definition) is 8. The highest BCUT2D eigenvalue weighted by molar-refractivity contribution is 5.95. The maximum Gasteiger partial charge on any atom is 0.426 e. The highest BCUT2D eigenvalue weighted by Crippen LogP contribution is 2.43. The van der Waals surface area contributed by atoms with Gasteiger partial charge in [-0.2, -0.15) is 26.3 Å². The monoisotopic (exact) mass is 523 g/mol. The highest BCUT2D eigenvalue weighted by Gasteiger charge is 2.58. The van der Waals surface area contributed by atoms with Crippen molar-refractivity contribution < 1.29 is 45.4 Å². The number of pyridine rings is 1. The molecule has 0 aromatic carbocycles. The number of aromatic nitrogens is 3. The number of anilines is 1. The minimum atomic E-state index is -5.18. The first-order chi connectivity index (χ1) is 16.8. The fourth-order valence-electron chi connectivity index (χ4n) is 4.33. The van der Waals surface area contributed by atoms with E-state index in [0.29, 0.717) is 25.5 Å². The minimum Gasteiger partial charge on any atom is -0.416 e. The summed E-state index contributed by atoms with van der Waals surface area (Å²) in [5.74, 6) is -2.99. The average molecular weight is 523 g/mol. The van der Waals surface area contributed by atoms with Crippen molar-refractivity contribution in [1.29, 1.82) is 0 Å². The predicted octanol–water partition coefficient (Wildman–Crippen LogP) is 3.68. The Labute approximate surface area is 200 Å². The van der Waals surface area contributed by atoms with Crippen LogP contribution in [0.1, 0.15) is 60.5 Å². The average Bonchev–Trinajstić information content (AvgIpc) is 3.30. The fraction of sp³-hybridized carbons (Fsp3) is 0.619. The molecular weight excluding hydrogens is 500 g/mol. The molecule has 2 atom stereocenters. The molecule has 9 nitrogen and oxygen atoms in total. The van der Waals surface area contributed by atoms with Crippen LogP contribution in [0.3, 0.4) is 0 Å². The molecule has 3 N–H and O–H groups in total. The number of alkyl halides is 6. The molecule has 1 unspecified atom stereocenters. The minimum absolute atomic E-state index is 0.0472. The van der Waals surface area contributed by atoms with Crippen molar-refractivity contribution in [2.24, 2.45) is 0 Å². The summed E-state index contributed by atoms with van der Waals surface area (Å²) in [6.07, 6.45) is -9.81. The number of carbonyl (C=O) groups excluding carboxylic acids is 1. The quantitative estimate of drug-likeness (QED) is 0.542. The second-order valence-electron chi connectivity index (χ2n) is 8.77. The number of ether oxygens (including phenoxy) is 1. The van der Waals surface area contributed by atoms with E-state index < -0.39 is 70.7 Å². The van der Waals surface area contributed by atoms with Gasteiger partial charge in [0.15, 0.2) is 5.69 Å². The van der Waals surface area contributed by atoms with Gasteiger partial charge in [-0.05, 0) is 38.2 Å². The molecule has 2 aliphatic rings. The Morgan fingerprint density at radius 3 is 2.47 bits per heavy atom. The van der Waals surface area contributed by atoms with Crippen LogP contribution in [0.25, 0.3) is 11.6 Å². The van der Waals surface area contributed by atoms with E-state index in [9.17, 15) is 36.2 Å². The van der Waals surface area contributed by atoms with E-state index in [2.05, 4.69) is 15.2 Å². The Bertz CT molecular complexity index is 1120. The number of nitrogen functional groups attached to an aromatic ring is 1. The Morgan fingerprint density at radius 1 is 1.08 bits per heavy atom. The standard InChI is InChI=1S/C21H23F6N5O4/c22-20(23,24)12-9-13(28)15-16-30-31-18(36-16)19(34,21(25,26)27)6-2-1-3-7-32(17(33)14(12)29-15)11-5-4-8-35-10-11/h9,11,34H,1-8,10,28H2/t11?,19-/m1/s1. The van der Waals surface area contributed by atoms with E-state index in [1.54, 1.807) is 0 Å². The summed E-state index contributed by atoms with van der Waals surface area (Å²) in [6.45, 7) is 0.482. The van der Waals surface area contributed by atoms with Crippen LogP contribution in [0.2, 0.25) is 0 Å². The first-order valence-corrected chi connectivity index (χ1v) is 11.2. The number of aliphatic hydroxyl groups is 1. The number of fused-ring (bicyclic) bond motifs is 5. The summed E-state index contributed by atoms with van der Waals surface area (Å²) in [6, 6.07) is -0.0956. The van der Waals surface area contributed by atoms with Gasteiger partial charge in [0.1, 0.15) is 5.69 Å². The Hall–Kier alpha value is -2.94. The van der Waals surface area contributed by atoms with Crippen molar-refractivity contribution in [2.45, 2.75) is 62.5 Å². The lowest BCUT2D eigenvalue weighted by molar-refractivity contribution is -0.277. The van der Waals surface area contributed by atoms with Crippen LogP contribution in [-0.2, 0) is 16.5 Å². The van der Waals surface area contributed by atoms with Gasteiger partial charge in [-0.25, -0.2) is 4.98 Å². The molecule has 36 heavy (non-hydrogen) atoms. The third-order valence-corrected chi connectivity index (χ3v) is 6.29. The number of nitrogens with zero attached hydrogens (tertiary/aromatic N) is 4. The first kappa shape index (κ1) is 26.1. The summed E-state index contributed by atoms with van der Waals surface area (Å²) in [5.41, 5.74) is -1.42. The van der Waals surface area contributed by atoms with Gasteiger partial charge in [-0.15, -0.1) is 10.2 Å². The van der Waals surface area contributed by atoms with Gasteiger partial charge in [-0.1, -0.05) is 6.42 Å². The molecule has 1 fully saturated rings. The van der Waals surface area contributed by atoms with Crippen molar-refractivity contribution in [3.8, 4) is 11.6 Å². The van der Waals surface area contributed by atoms with Gasteiger partial charge >= 0.3 is 12.4 Å². The van der Waals surface area contributed by atoms with Crippen molar-refractivity contribution in [1.82, 2.24) is 20.1 Å². The number of halogens is 6. The molecule has 0 radical (unpaired) electrons. The molecule has 1 amide bonds. The Morgan fingerprint density at radius 2 is 1.83 bits per heavy atom. The van der Waals surface area contributed by atoms with Crippen LogP contribution in [0.5, 0.6) is 0 Å². The second-order valence-corrected chi connectivity index (χ2v) is 8.77. The lowest BCUT2D eigenvalue weighted by Gasteiger charge is -2.35. The summed E-state index contributed by atoms with van der Waals surface area (Å²) in [4.78, 5) is 18.4. The molecule has 2 aliphatic heterocycles. The molecular formula is C21H23F6N5O4. The van der Waals surface area contributed by atoms with E-state index >= 15 is 0 Å². The molecule has 1 saturated heterocycles. The van der Waals surface area contributed by atoms with Crippen LogP contribution < -0.4 is 5.73 Å². The molecule has 15 heteroatoms. The van der Waals surface area contributed by atoms with Gasteiger partial charge in [0.2, 0.25) is 5.60 Å². The smallest absolute Gasteiger partial charge is 0.416 e. The van der Waals surface area contributed by atoms with Crippen LogP contribution >= 0.6 is 0 Å². The summed E-state index contributed by atoms with van der Waals surface area (Å²) >= 11 is 0. The molecule has 2 aromatic rings. The molecule has 0 aliphatic carbocycles. The lowest BCUT2D eigenvalue weighted by Crippen LogP contribution is -2.46. The van der Waals surface area contributed by atoms with Crippen molar-refractivity contribution in [3.63, 3.8) is 0 Å². The number of rotatable bonds is 1. The van der Waals surface area contributed by atoms with E-state index in [4.69, 9.17) is 14.9 Å². The van der Waals surface area contributed by atoms with Gasteiger partial charge in [0.05, 0.1) is 23.9 Å². The molecule has 0 spiro atoms. The zero-order valence-electron chi connectivity index (χ0n) is 18.8. The molecule has 2 aromatic heterocycles. The van der Waals surface area contributed by atoms with Crippen molar-refractivity contribution in [3.05, 3.63) is 23.2 Å². The zero-order chi connectivity index (χ0) is 26.3. The van der Waals surface area contributed by atoms with Gasteiger partial charge in [0, 0.05) is 13.2 Å². The molecule has 0 saturated carbocycles. The van der Waals surface area contributed by atoms with Crippen molar-refractivity contribution in [2.75, 3.05) is 25.5 Å². The van der Waals surface area contributed by atoms with Gasteiger partial charge in [-0.3, -0.25) is 4.79 Å². The molecule has 4 heterocycles. The summed E-state index contributed by atoms with van der Waals surface area (Å²) in [7, 11) is 0. The fourth-order valence-corrected chi connectivity index (χ4v) is 4.33. The predicted molar refractivity (Wildman–Crippen MR) is 110 cm³/mol. The molecule has 4 rings (SSSR count). The Kier molecular flexibility index (Phi) is 6.90. The summed E-state index contributed by atoms with van der Waals surface area (Å²) < 4.78 is 93.5. The van der Waals surface area contributed by atoms with Crippen LogP contribution in [0.15, 0.2) is 10.5 Å². The highest BCUT2D eigenvalue weighted by atomic mass is 19.4. The lowest BCUT2D eigenvalue weighted by atomic mass is 9.95. The molecule has 198 valence electrons. The van der Waals surface area contributed by atoms with E-state index in [1.807, 2.05) is 0 Å². The van der Waals surface area contributed by atoms with Crippen molar-refractivity contribution >= 4 is 11.6 Å². The third kappa shape index (κ3) is 4.85. The summed E-state index contributed by atoms with van der Waals surface area (Å²) in [5, 5.41) is 17.2. The van der Waals surface area contributed by atoms with Crippen LogP contribution in [0, 0.1) is 0 Å². The van der Waals surface area contributed by atoms with E-state index in [0.717, 1.165) is 0 Å². The van der Waals surface area contributed by atoms with Gasteiger partial charge in [0.25, 0.3) is 17.7 Å². The largest absolute Gasteiger partial charge is 0.426 e. The zero-order valence-corrected chi connectivity index (χ0v) is 18.8. The Balaban J connectivity index is 1.88. The number of amides is 1. The maximum atomic E-state index is 13.9. The first-order valence-electron chi connectivity index (χ1n) is 11.2.